The van der Waals surface area contributed by atoms with Crippen molar-refractivity contribution in [2.75, 3.05) is 26.2 Å². The van der Waals surface area contributed by atoms with Crippen LogP contribution in [0.15, 0.2) is 18.2 Å². The number of nitriles is 1. The molecule has 25 heavy (non-hydrogen) atoms. The first-order valence-electron chi connectivity index (χ1n) is 8.26. The molecule has 134 valence electrons. The Morgan fingerprint density at radius 2 is 2.00 bits per heavy atom. The average molecular weight is 345 g/mol. The third-order valence-electron chi connectivity index (χ3n) is 4.52. The van der Waals surface area contributed by atoms with E-state index < -0.39 is 10.8 Å². The Balaban J connectivity index is 2.06. The summed E-state index contributed by atoms with van der Waals surface area (Å²) in [4.78, 5) is 26.3. The maximum Gasteiger partial charge on any atom is 0.274 e. The van der Waals surface area contributed by atoms with E-state index in [1.54, 1.807) is 6.07 Å². The van der Waals surface area contributed by atoms with Gasteiger partial charge in [-0.3, -0.25) is 24.7 Å². The third-order valence-corrected chi connectivity index (χ3v) is 4.52. The van der Waals surface area contributed by atoms with Crippen molar-refractivity contribution < 1.29 is 9.72 Å². The molecule has 8 nitrogen and oxygen atoms in total. The van der Waals surface area contributed by atoms with E-state index in [1.807, 2.05) is 13.8 Å². The number of carbonyl (C=O) groups excluding carboxylic acids is 1. The van der Waals surface area contributed by atoms with Gasteiger partial charge in [-0.2, -0.15) is 5.26 Å². The molecule has 1 aromatic carbocycles. The van der Waals surface area contributed by atoms with Crippen LogP contribution in [0.3, 0.4) is 0 Å². The molecular formula is C17H23N5O3. The summed E-state index contributed by atoms with van der Waals surface area (Å²) in [5.74, 6) is -0.418. The van der Waals surface area contributed by atoms with Crippen LogP contribution >= 0.6 is 0 Å². The first kappa shape index (κ1) is 18.8. The minimum atomic E-state index is -0.681. The summed E-state index contributed by atoms with van der Waals surface area (Å²) in [7, 11) is 0. The topological polar surface area (TPSA) is 117 Å². The fourth-order valence-electron chi connectivity index (χ4n) is 3.11. The zero-order valence-electron chi connectivity index (χ0n) is 14.5. The van der Waals surface area contributed by atoms with E-state index in [-0.39, 0.29) is 23.2 Å². The predicted octanol–water partition coefficient (Wildman–Crippen LogP) is 1.36. The summed E-state index contributed by atoms with van der Waals surface area (Å²) in [5.41, 5.74) is 5.80. The van der Waals surface area contributed by atoms with E-state index >= 15 is 0 Å². The highest BCUT2D eigenvalue weighted by Gasteiger charge is 2.27. The second-order valence-electron chi connectivity index (χ2n) is 6.59. The molecular weight excluding hydrogens is 322 g/mol. The van der Waals surface area contributed by atoms with E-state index in [9.17, 15) is 20.2 Å². The Bertz CT molecular complexity index is 690. The minimum Gasteiger partial charge on any atom is -0.366 e. The first-order chi connectivity index (χ1) is 11.8. The summed E-state index contributed by atoms with van der Waals surface area (Å²) < 4.78 is 0. The van der Waals surface area contributed by atoms with Crippen molar-refractivity contribution in [2.24, 2.45) is 11.7 Å². The average Bonchev–Trinajstić information content (AvgIpc) is 2.56. The summed E-state index contributed by atoms with van der Waals surface area (Å²) >= 11 is 0. The zero-order valence-corrected chi connectivity index (χ0v) is 14.5. The van der Waals surface area contributed by atoms with Gasteiger partial charge in [0, 0.05) is 49.9 Å². The lowest BCUT2D eigenvalue weighted by Gasteiger charge is -2.38. The van der Waals surface area contributed by atoms with Crippen molar-refractivity contribution in [1.29, 1.82) is 5.26 Å². The molecule has 0 aliphatic carbocycles. The lowest BCUT2D eigenvalue weighted by Crippen LogP contribution is -2.51. The number of hydrogen-bond acceptors (Lipinski definition) is 6. The second-order valence-corrected chi connectivity index (χ2v) is 6.59. The van der Waals surface area contributed by atoms with Crippen molar-refractivity contribution in [3.63, 3.8) is 0 Å². The van der Waals surface area contributed by atoms with Gasteiger partial charge in [0.15, 0.2) is 0 Å². The molecule has 1 fully saturated rings. The minimum absolute atomic E-state index is 0.0872. The van der Waals surface area contributed by atoms with E-state index in [2.05, 4.69) is 15.9 Å². The number of piperazine rings is 1. The first-order valence-corrected chi connectivity index (χ1v) is 8.26. The second kappa shape index (κ2) is 8.05. The molecule has 1 heterocycles. The molecule has 0 unspecified atom stereocenters. The molecule has 8 heteroatoms. The Labute approximate surface area is 147 Å². The fourth-order valence-corrected chi connectivity index (χ4v) is 3.11. The normalized spacial score (nSPS) is 17.2. The molecule has 0 saturated carbocycles. The lowest BCUT2D eigenvalue weighted by atomic mass is 10.0. The molecule has 1 atom stereocenters. The van der Waals surface area contributed by atoms with E-state index in [0.717, 1.165) is 26.2 Å². The molecule has 0 bridgehead atoms. The standard InChI is InChI=1S/C17H23N5O3/c1-12(2)16(10-18)21-7-5-20(6-8-21)11-14-4-3-13(17(19)23)9-15(14)22(24)25/h3-4,9,12,16H,5-8,11H2,1-2H3,(H2,19,23)/t16-/m0/s1. The predicted molar refractivity (Wildman–Crippen MR) is 92.7 cm³/mol. The van der Waals surface area contributed by atoms with Gasteiger partial charge in [0.1, 0.15) is 6.04 Å². The van der Waals surface area contributed by atoms with Crippen molar-refractivity contribution in [3.8, 4) is 6.07 Å². The van der Waals surface area contributed by atoms with Gasteiger partial charge in [-0.15, -0.1) is 0 Å². The summed E-state index contributed by atoms with van der Waals surface area (Å²) in [6, 6.07) is 6.59. The van der Waals surface area contributed by atoms with Gasteiger partial charge in [0.05, 0.1) is 11.0 Å². The quantitative estimate of drug-likeness (QED) is 0.614. The molecule has 1 amide bonds. The number of carbonyl (C=O) groups is 1. The van der Waals surface area contributed by atoms with Crippen molar-refractivity contribution in [3.05, 3.63) is 39.4 Å². The van der Waals surface area contributed by atoms with Crippen LogP contribution in [-0.2, 0) is 6.54 Å². The number of primary amides is 1. The molecule has 1 saturated heterocycles. The number of nitrogens with zero attached hydrogens (tertiary/aromatic N) is 4. The van der Waals surface area contributed by atoms with E-state index in [0.29, 0.717) is 12.1 Å². The molecule has 2 rings (SSSR count). The Hall–Kier alpha value is -2.50. The van der Waals surface area contributed by atoms with E-state index in [4.69, 9.17) is 5.73 Å². The van der Waals surface area contributed by atoms with Gasteiger partial charge in [0.2, 0.25) is 5.91 Å². The van der Waals surface area contributed by atoms with Crippen LogP contribution in [0.5, 0.6) is 0 Å². The summed E-state index contributed by atoms with van der Waals surface area (Å²) in [6.07, 6.45) is 0. The van der Waals surface area contributed by atoms with Crippen LogP contribution in [0.4, 0.5) is 5.69 Å². The maximum atomic E-state index is 11.3. The molecule has 0 aromatic heterocycles. The van der Waals surface area contributed by atoms with Gasteiger partial charge in [-0.1, -0.05) is 19.9 Å². The van der Waals surface area contributed by atoms with Crippen LogP contribution in [0.1, 0.15) is 29.8 Å². The summed E-state index contributed by atoms with van der Waals surface area (Å²) in [6.45, 7) is 7.47. The number of amides is 1. The SMILES string of the molecule is CC(C)[C@H](C#N)N1CCN(Cc2ccc(C(N)=O)cc2[N+](=O)[O-])CC1. The monoisotopic (exact) mass is 345 g/mol. The van der Waals surface area contributed by atoms with Gasteiger partial charge >= 0.3 is 0 Å². The van der Waals surface area contributed by atoms with E-state index in [1.165, 1.54) is 12.1 Å². The summed E-state index contributed by atoms with van der Waals surface area (Å²) in [5, 5.41) is 20.6. The van der Waals surface area contributed by atoms with Crippen LogP contribution in [0.2, 0.25) is 0 Å². The number of benzene rings is 1. The Morgan fingerprint density at radius 3 is 2.48 bits per heavy atom. The molecule has 0 spiro atoms. The van der Waals surface area contributed by atoms with Crippen LogP contribution in [0.25, 0.3) is 0 Å². The van der Waals surface area contributed by atoms with Gasteiger partial charge in [0.25, 0.3) is 5.69 Å². The lowest BCUT2D eigenvalue weighted by molar-refractivity contribution is -0.385. The van der Waals surface area contributed by atoms with Crippen molar-refractivity contribution >= 4 is 11.6 Å². The Kier molecular flexibility index (Phi) is 6.07. The smallest absolute Gasteiger partial charge is 0.274 e. The molecule has 1 aliphatic heterocycles. The number of nitro groups is 1. The van der Waals surface area contributed by atoms with Crippen LogP contribution < -0.4 is 5.73 Å². The Morgan fingerprint density at radius 1 is 1.36 bits per heavy atom. The number of nitro benzene ring substituents is 1. The molecule has 0 radical (unpaired) electrons. The number of nitrogens with two attached hydrogens (primary N) is 1. The number of rotatable bonds is 6. The molecule has 2 N–H and O–H groups in total. The highest BCUT2D eigenvalue weighted by molar-refractivity contribution is 5.93. The molecule has 1 aliphatic rings. The van der Waals surface area contributed by atoms with Crippen molar-refractivity contribution in [2.45, 2.75) is 26.4 Å². The fraction of sp³-hybridized carbons (Fsp3) is 0.529. The highest BCUT2D eigenvalue weighted by atomic mass is 16.6. The largest absolute Gasteiger partial charge is 0.366 e. The van der Waals surface area contributed by atoms with Gasteiger partial charge in [-0.25, -0.2) is 0 Å². The number of hydrogen-bond donors (Lipinski definition) is 1. The molecule has 1 aromatic rings. The zero-order chi connectivity index (χ0) is 18.6. The van der Waals surface area contributed by atoms with Crippen molar-refractivity contribution in [1.82, 2.24) is 9.80 Å². The third kappa shape index (κ3) is 4.53. The highest BCUT2D eigenvalue weighted by Crippen LogP contribution is 2.23. The maximum absolute atomic E-state index is 11.3. The van der Waals surface area contributed by atoms with Crippen LogP contribution in [0, 0.1) is 27.4 Å². The van der Waals surface area contributed by atoms with Gasteiger partial charge in [-0.05, 0) is 12.0 Å². The van der Waals surface area contributed by atoms with Crippen LogP contribution in [-0.4, -0.2) is 52.9 Å². The van der Waals surface area contributed by atoms with Gasteiger partial charge < -0.3 is 5.73 Å².